The number of hydrogen-bond donors (Lipinski definition) is 2. The SMILES string of the molecule is COC(C)c1ccc(C(N)C(=O)O)cc1. The van der Waals surface area contributed by atoms with Gasteiger partial charge >= 0.3 is 5.97 Å². The number of nitrogens with two attached hydrogens (primary N) is 1. The maximum absolute atomic E-state index is 10.6. The first-order valence-electron chi connectivity index (χ1n) is 4.67. The number of carbonyl (C=O) groups is 1. The van der Waals surface area contributed by atoms with Crippen LogP contribution in [0.5, 0.6) is 0 Å². The zero-order chi connectivity index (χ0) is 11.4. The van der Waals surface area contributed by atoms with Gasteiger partial charge in [-0.05, 0) is 18.1 Å². The molecule has 1 aromatic carbocycles. The van der Waals surface area contributed by atoms with Gasteiger partial charge in [-0.1, -0.05) is 24.3 Å². The number of aliphatic carboxylic acids is 1. The van der Waals surface area contributed by atoms with E-state index in [1.165, 1.54) is 0 Å². The van der Waals surface area contributed by atoms with E-state index >= 15 is 0 Å². The number of ether oxygens (including phenoxy) is 1. The predicted molar refractivity (Wildman–Crippen MR) is 56.4 cm³/mol. The first-order valence-corrected chi connectivity index (χ1v) is 4.67. The van der Waals surface area contributed by atoms with Crippen molar-refractivity contribution in [3.05, 3.63) is 35.4 Å². The third-order valence-electron chi connectivity index (χ3n) is 2.38. The van der Waals surface area contributed by atoms with E-state index in [4.69, 9.17) is 15.6 Å². The van der Waals surface area contributed by atoms with Crippen LogP contribution in [0.1, 0.15) is 30.2 Å². The summed E-state index contributed by atoms with van der Waals surface area (Å²) in [5.74, 6) is -1.03. The van der Waals surface area contributed by atoms with Gasteiger partial charge in [0, 0.05) is 7.11 Å². The highest BCUT2D eigenvalue weighted by Crippen LogP contribution is 2.18. The van der Waals surface area contributed by atoms with Crippen LogP contribution in [0.4, 0.5) is 0 Å². The molecule has 0 saturated heterocycles. The highest BCUT2D eigenvalue weighted by Gasteiger charge is 2.14. The Balaban J connectivity index is 2.85. The molecule has 2 atom stereocenters. The topological polar surface area (TPSA) is 72.5 Å². The number of rotatable bonds is 4. The molecule has 0 bridgehead atoms. The molecule has 2 unspecified atom stereocenters. The fraction of sp³-hybridized carbons (Fsp3) is 0.364. The Morgan fingerprint density at radius 3 is 2.20 bits per heavy atom. The monoisotopic (exact) mass is 209 g/mol. The molecule has 0 amide bonds. The van der Waals surface area contributed by atoms with Gasteiger partial charge in [0.2, 0.25) is 0 Å². The van der Waals surface area contributed by atoms with E-state index in [2.05, 4.69) is 0 Å². The van der Waals surface area contributed by atoms with Gasteiger partial charge in [0.1, 0.15) is 6.04 Å². The van der Waals surface area contributed by atoms with Crippen molar-refractivity contribution in [3.63, 3.8) is 0 Å². The predicted octanol–water partition coefficient (Wildman–Crippen LogP) is 1.48. The summed E-state index contributed by atoms with van der Waals surface area (Å²) < 4.78 is 5.14. The Hall–Kier alpha value is -1.39. The Labute approximate surface area is 88.7 Å². The molecule has 0 saturated carbocycles. The van der Waals surface area contributed by atoms with Gasteiger partial charge in [0.15, 0.2) is 0 Å². The average molecular weight is 209 g/mol. The first kappa shape index (κ1) is 11.7. The fourth-order valence-electron chi connectivity index (χ4n) is 1.25. The van der Waals surface area contributed by atoms with Crippen LogP contribution in [0.25, 0.3) is 0 Å². The molecule has 4 nitrogen and oxygen atoms in total. The van der Waals surface area contributed by atoms with Gasteiger partial charge in [-0.3, -0.25) is 4.79 Å². The largest absolute Gasteiger partial charge is 0.480 e. The average Bonchev–Trinajstić information content (AvgIpc) is 2.27. The van der Waals surface area contributed by atoms with Crippen molar-refractivity contribution in [1.82, 2.24) is 0 Å². The number of benzene rings is 1. The minimum Gasteiger partial charge on any atom is -0.480 e. The van der Waals surface area contributed by atoms with Crippen LogP contribution in [0, 0.1) is 0 Å². The summed E-state index contributed by atoms with van der Waals surface area (Å²) in [5, 5.41) is 8.71. The molecule has 0 radical (unpaired) electrons. The van der Waals surface area contributed by atoms with Crippen molar-refractivity contribution in [2.75, 3.05) is 7.11 Å². The summed E-state index contributed by atoms with van der Waals surface area (Å²) in [6, 6.07) is 6.11. The summed E-state index contributed by atoms with van der Waals surface area (Å²) >= 11 is 0. The quantitative estimate of drug-likeness (QED) is 0.787. The van der Waals surface area contributed by atoms with E-state index in [0.29, 0.717) is 5.56 Å². The molecular weight excluding hydrogens is 194 g/mol. The van der Waals surface area contributed by atoms with E-state index in [-0.39, 0.29) is 6.10 Å². The van der Waals surface area contributed by atoms with E-state index < -0.39 is 12.0 Å². The molecule has 0 aliphatic rings. The molecule has 15 heavy (non-hydrogen) atoms. The molecule has 82 valence electrons. The van der Waals surface area contributed by atoms with E-state index in [1.807, 2.05) is 19.1 Å². The Morgan fingerprint density at radius 1 is 1.33 bits per heavy atom. The lowest BCUT2D eigenvalue weighted by molar-refractivity contribution is -0.138. The van der Waals surface area contributed by atoms with E-state index in [9.17, 15) is 4.79 Å². The second-order valence-corrected chi connectivity index (χ2v) is 3.36. The summed E-state index contributed by atoms with van der Waals surface area (Å²) in [6.07, 6.45) is 0.0000950. The van der Waals surface area contributed by atoms with Gasteiger partial charge in [0.05, 0.1) is 6.10 Å². The maximum atomic E-state index is 10.6. The minimum absolute atomic E-state index is 0.0000950. The zero-order valence-electron chi connectivity index (χ0n) is 8.81. The van der Waals surface area contributed by atoms with E-state index in [0.717, 1.165) is 5.56 Å². The summed E-state index contributed by atoms with van der Waals surface area (Å²) in [6.45, 7) is 1.92. The molecule has 0 spiro atoms. The third kappa shape index (κ3) is 2.78. The minimum atomic E-state index is -1.03. The van der Waals surface area contributed by atoms with Crippen LogP contribution in [-0.4, -0.2) is 18.2 Å². The van der Waals surface area contributed by atoms with Crippen molar-refractivity contribution < 1.29 is 14.6 Å². The molecule has 3 N–H and O–H groups in total. The van der Waals surface area contributed by atoms with Crippen LogP contribution < -0.4 is 5.73 Å². The van der Waals surface area contributed by atoms with Crippen LogP contribution in [0.3, 0.4) is 0 Å². The maximum Gasteiger partial charge on any atom is 0.325 e. The number of carboxylic acids is 1. The Bertz CT molecular complexity index is 334. The summed E-state index contributed by atoms with van der Waals surface area (Å²) in [4.78, 5) is 10.6. The van der Waals surface area contributed by atoms with Crippen LogP contribution in [-0.2, 0) is 9.53 Å². The molecule has 4 heteroatoms. The van der Waals surface area contributed by atoms with Gasteiger partial charge in [-0.25, -0.2) is 0 Å². The first-order chi connectivity index (χ1) is 7.06. The lowest BCUT2D eigenvalue weighted by Gasteiger charge is -2.11. The van der Waals surface area contributed by atoms with Gasteiger partial charge in [0.25, 0.3) is 0 Å². The second kappa shape index (κ2) is 4.91. The highest BCUT2D eigenvalue weighted by atomic mass is 16.5. The van der Waals surface area contributed by atoms with Crippen molar-refractivity contribution >= 4 is 5.97 Å². The highest BCUT2D eigenvalue weighted by molar-refractivity contribution is 5.75. The molecule has 1 rings (SSSR count). The van der Waals surface area contributed by atoms with Gasteiger partial charge in [-0.2, -0.15) is 0 Å². The van der Waals surface area contributed by atoms with Crippen LogP contribution >= 0.6 is 0 Å². The normalized spacial score (nSPS) is 14.6. The number of carboxylic acid groups (broad SMARTS) is 1. The molecule has 0 aliphatic carbocycles. The Kier molecular flexibility index (Phi) is 3.82. The number of methoxy groups -OCH3 is 1. The molecular formula is C11H15NO3. The third-order valence-corrected chi connectivity index (χ3v) is 2.38. The summed E-state index contributed by atoms with van der Waals surface area (Å²) in [5.41, 5.74) is 7.06. The zero-order valence-corrected chi connectivity index (χ0v) is 8.81. The second-order valence-electron chi connectivity index (χ2n) is 3.36. The molecule has 0 heterocycles. The molecule has 1 aromatic rings. The molecule has 0 aliphatic heterocycles. The lowest BCUT2D eigenvalue weighted by atomic mass is 10.0. The van der Waals surface area contributed by atoms with Crippen LogP contribution in [0.15, 0.2) is 24.3 Å². The smallest absolute Gasteiger partial charge is 0.325 e. The van der Waals surface area contributed by atoms with Crippen molar-refractivity contribution in [1.29, 1.82) is 0 Å². The lowest BCUT2D eigenvalue weighted by Crippen LogP contribution is -2.20. The molecule has 0 aromatic heterocycles. The van der Waals surface area contributed by atoms with Crippen molar-refractivity contribution in [2.45, 2.75) is 19.1 Å². The van der Waals surface area contributed by atoms with E-state index in [1.54, 1.807) is 19.2 Å². The van der Waals surface area contributed by atoms with Crippen molar-refractivity contribution in [3.8, 4) is 0 Å². The van der Waals surface area contributed by atoms with Gasteiger partial charge < -0.3 is 15.6 Å². The van der Waals surface area contributed by atoms with Crippen LogP contribution in [0.2, 0.25) is 0 Å². The standard InChI is InChI=1S/C11H15NO3/c1-7(15-2)8-3-5-9(6-4-8)10(12)11(13)14/h3-7,10H,12H2,1-2H3,(H,13,14). The molecule has 0 fully saturated rings. The van der Waals surface area contributed by atoms with Crippen molar-refractivity contribution in [2.24, 2.45) is 5.73 Å². The summed E-state index contributed by atoms with van der Waals surface area (Å²) in [7, 11) is 1.63. The van der Waals surface area contributed by atoms with Gasteiger partial charge in [-0.15, -0.1) is 0 Å². The fourth-order valence-corrected chi connectivity index (χ4v) is 1.25. The number of hydrogen-bond acceptors (Lipinski definition) is 3. The Morgan fingerprint density at radius 2 is 1.80 bits per heavy atom.